The SMILES string of the molecule is CCC(C)(CN)c1csc(-c2cncs2)n1. The van der Waals surface area contributed by atoms with E-state index >= 15 is 0 Å². The molecule has 2 N–H and O–H groups in total. The largest absolute Gasteiger partial charge is 0.330 e. The topological polar surface area (TPSA) is 51.8 Å². The Hall–Kier alpha value is -0.780. The second-order valence-electron chi connectivity index (χ2n) is 4.02. The van der Waals surface area contributed by atoms with Crippen LogP contribution in [0.15, 0.2) is 17.1 Å². The summed E-state index contributed by atoms with van der Waals surface area (Å²) in [4.78, 5) is 9.88. The second kappa shape index (κ2) is 4.61. The van der Waals surface area contributed by atoms with Gasteiger partial charge in [-0.1, -0.05) is 13.8 Å². The molecule has 1 atom stereocenters. The first-order chi connectivity index (χ1) is 7.69. The molecule has 0 fully saturated rings. The summed E-state index contributed by atoms with van der Waals surface area (Å²) in [6.45, 7) is 4.95. The zero-order valence-electron chi connectivity index (χ0n) is 9.43. The molecule has 0 aliphatic rings. The molecule has 0 aliphatic carbocycles. The average molecular weight is 253 g/mol. The van der Waals surface area contributed by atoms with E-state index in [1.807, 2.05) is 11.7 Å². The monoisotopic (exact) mass is 253 g/mol. The van der Waals surface area contributed by atoms with Crippen molar-refractivity contribution in [3.63, 3.8) is 0 Å². The van der Waals surface area contributed by atoms with Crippen molar-refractivity contribution in [2.45, 2.75) is 25.7 Å². The van der Waals surface area contributed by atoms with E-state index in [0.29, 0.717) is 6.54 Å². The number of nitrogens with zero attached hydrogens (tertiary/aromatic N) is 2. The fourth-order valence-corrected chi connectivity index (χ4v) is 3.09. The van der Waals surface area contributed by atoms with Crippen molar-refractivity contribution in [2.75, 3.05) is 6.54 Å². The number of rotatable bonds is 4. The molecule has 16 heavy (non-hydrogen) atoms. The number of hydrogen-bond donors (Lipinski definition) is 1. The van der Waals surface area contributed by atoms with Crippen LogP contribution in [0.1, 0.15) is 26.0 Å². The third-order valence-electron chi connectivity index (χ3n) is 3.00. The van der Waals surface area contributed by atoms with Crippen molar-refractivity contribution >= 4 is 22.7 Å². The molecule has 2 aromatic rings. The molecular formula is C11H15N3S2. The number of hydrogen-bond acceptors (Lipinski definition) is 5. The predicted octanol–water partition coefficient (Wildman–Crippen LogP) is 2.89. The lowest BCUT2D eigenvalue weighted by Crippen LogP contribution is -2.31. The zero-order valence-corrected chi connectivity index (χ0v) is 11.1. The van der Waals surface area contributed by atoms with E-state index in [9.17, 15) is 0 Å². The van der Waals surface area contributed by atoms with E-state index < -0.39 is 0 Å². The van der Waals surface area contributed by atoms with Gasteiger partial charge in [0, 0.05) is 23.5 Å². The highest BCUT2D eigenvalue weighted by atomic mass is 32.1. The molecule has 0 saturated carbocycles. The molecule has 0 saturated heterocycles. The predicted molar refractivity (Wildman–Crippen MR) is 69.9 cm³/mol. The van der Waals surface area contributed by atoms with Crippen LogP contribution in [-0.2, 0) is 5.41 Å². The normalized spacial score (nSPS) is 14.9. The lowest BCUT2D eigenvalue weighted by molar-refractivity contribution is 0.456. The van der Waals surface area contributed by atoms with Crippen molar-refractivity contribution in [2.24, 2.45) is 5.73 Å². The van der Waals surface area contributed by atoms with Gasteiger partial charge in [0.25, 0.3) is 0 Å². The van der Waals surface area contributed by atoms with Gasteiger partial charge in [-0.15, -0.1) is 22.7 Å². The van der Waals surface area contributed by atoms with Crippen LogP contribution >= 0.6 is 22.7 Å². The van der Waals surface area contributed by atoms with Crippen molar-refractivity contribution in [1.29, 1.82) is 0 Å². The Labute approximate surface area is 103 Å². The van der Waals surface area contributed by atoms with Gasteiger partial charge in [-0.3, -0.25) is 4.98 Å². The fraction of sp³-hybridized carbons (Fsp3) is 0.455. The Kier molecular flexibility index (Phi) is 3.37. The third-order valence-corrected chi connectivity index (χ3v) is 4.78. The van der Waals surface area contributed by atoms with Gasteiger partial charge in [0.05, 0.1) is 16.1 Å². The van der Waals surface area contributed by atoms with Crippen molar-refractivity contribution < 1.29 is 0 Å². The number of aromatic nitrogens is 2. The molecule has 0 aliphatic heterocycles. The lowest BCUT2D eigenvalue weighted by Gasteiger charge is -2.23. The van der Waals surface area contributed by atoms with Gasteiger partial charge < -0.3 is 5.73 Å². The first kappa shape index (κ1) is 11.7. The molecule has 0 bridgehead atoms. The molecule has 5 heteroatoms. The highest BCUT2D eigenvalue weighted by molar-refractivity contribution is 7.19. The van der Waals surface area contributed by atoms with Crippen LogP contribution < -0.4 is 5.73 Å². The Bertz CT molecular complexity index is 444. The average Bonchev–Trinajstić information content (AvgIpc) is 2.97. The van der Waals surface area contributed by atoms with E-state index in [1.165, 1.54) is 0 Å². The van der Waals surface area contributed by atoms with Crippen molar-refractivity contribution in [3.8, 4) is 9.88 Å². The Morgan fingerprint density at radius 3 is 2.81 bits per heavy atom. The van der Waals surface area contributed by atoms with E-state index in [-0.39, 0.29) is 5.41 Å². The molecule has 86 valence electrons. The summed E-state index contributed by atoms with van der Waals surface area (Å²) in [5.74, 6) is 0. The minimum absolute atomic E-state index is 0.000557. The summed E-state index contributed by atoms with van der Waals surface area (Å²) in [5.41, 5.74) is 8.77. The fourth-order valence-electron chi connectivity index (χ4n) is 1.42. The minimum Gasteiger partial charge on any atom is -0.330 e. The molecule has 3 nitrogen and oxygen atoms in total. The first-order valence-electron chi connectivity index (χ1n) is 5.24. The summed E-state index contributed by atoms with van der Waals surface area (Å²) in [6, 6.07) is 0. The van der Waals surface area contributed by atoms with Crippen LogP contribution in [0.25, 0.3) is 9.88 Å². The van der Waals surface area contributed by atoms with Gasteiger partial charge in [0.2, 0.25) is 0 Å². The van der Waals surface area contributed by atoms with E-state index in [4.69, 9.17) is 5.73 Å². The third kappa shape index (κ3) is 2.03. The molecule has 0 aromatic carbocycles. The van der Waals surface area contributed by atoms with E-state index in [2.05, 4.69) is 29.2 Å². The van der Waals surface area contributed by atoms with Gasteiger partial charge in [0.15, 0.2) is 0 Å². The standard InChI is InChI=1S/C11H15N3S2/c1-3-11(2,6-12)9-5-15-10(14-9)8-4-13-7-16-8/h4-5,7H,3,6,12H2,1-2H3. The van der Waals surface area contributed by atoms with Crippen LogP contribution in [0.4, 0.5) is 0 Å². The zero-order chi connectivity index (χ0) is 11.6. The number of thiazole rings is 2. The maximum Gasteiger partial charge on any atom is 0.135 e. The minimum atomic E-state index is -0.000557. The van der Waals surface area contributed by atoms with Gasteiger partial charge >= 0.3 is 0 Å². The smallest absolute Gasteiger partial charge is 0.135 e. The number of nitrogens with two attached hydrogens (primary N) is 1. The maximum atomic E-state index is 5.83. The maximum absolute atomic E-state index is 5.83. The van der Waals surface area contributed by atoms with Gasteiger partial charge in [-0.2, -0.15) is 0 Å². The van der Waals surface area contributed by atoms with Crippen LogP contribution in [0.3, 0.4) is 0 Å². The second-order valence-corrected chi connectivity index (χ2v) is 5.77. The molecule has 2 heterocycles. The summed E-state index contributed by atoms with van der Waals surface area (Å²) < 4.78 is 0. The van der Waals surface area contributed by atoms with E-state index in [1.54, 1.807) is 22.7 Å². The molecule has 2 aromatic heterocycles. The molecule has 0 spiro atoms. The lowest BCUT2D eigenvalue weighted by atomic mass is 9.85. The quantitative estimate of drug-likeness (QED) is 0.911. The highest BCUT2D eigenvalue weighted by Crippen LogP contribution is 2.32. The van der Waals surface area contributed by atoms with Crippen LogP contribution in [0.5, 0.6) is 0 Å². The summed E-state index contributed by atoms with van der Waals surface area (Å²) in [5, 5.41) is 3.16. The van der Waals surface area contributed by atoms with Crippen molar-refractivity contribution in [3.05, 3.63) is 22.8 Å². The molecular weight excluding hydrogens is 238 g/mol. The van der Waals surface area contributed by atoms with Gasteiger partial charge in [-0.05, 0) is 6.42 Å². The van der Waals surface area contributed by atoms with Crippen molar-refractivity contribution in [1.82, 2.24) is 9.97 Å². The Morgan fingerprint density at radius 2 is 2.25 bits per heavy atom. The Balaban J connectivity index is 2.33. The van der Waals surface area contributed by atoms with Crippen LogP contribution in [0, 0.1) is 0 Å². The van der Waals surface area contributed by atoms with E-state index in [0.717, 1.165) is 22.0 Å². The molecule has 1 unspecified atom stereocenters. The first-order valence-corrected chi connectivity index (χ1v) is 7.00. The molecule has 2 rings (SSSR count). The summed E-state index contributed by atoms with van der Waals surface area (Å²) >= 11 is 3.29. The molecule has 0 radical (unpaired) electrons. The van der Waals surface area contributed by atoms with Gasteiger partial charge in [-0.25, -0.2) is 4.98 Å². The summed E-state index contributed by atoms with van der Waals surface area (Å²) in [6.07, 6.45) is 2.87. The molecule has 0 amide bonds. The highest BCUT2D eigenvalue weighted by Gasteiger charge is 2.26. The van der Waals surface area contributed by atoms with Crippen LogP contribution in [0.2, 0.25) is 0 Å². The van der Waals surface area contributed by atoms with Crippen LogP contribution in [-0.4, -0.2) is 16.5 Å². The Morgan fingerprint density at radius 1 is 1.44 bits per heavy atom. The van der Waals surface area contributed by atoms with Gasteiger partial charge in [0.1, 0.15) is 5.01 Å². The summed E-state index contributed by atoms with van der Waals surface area (Å²) in [7, 11) is 0.